The maximum atomic E-state index is 10.9. The molecule has 2 nitrogen and oxygen atoms in total. The second kappa shape index (κ2) is 4.66. The zero-order valence-corrected chi connectivity index (χ0v) is 11.3. The number of hydrogen-bond acceptors (Lipinski definition) is 2. The van der Waals surface area contributed by atoms with Crippen LogP contribution in [-0.4, -0.2) is 22.4 Å². The van der Waals surface area contributed by atoms with Gasteiger partial charge in [-0.05, 0) is 31.1 Å². The van der Waals surface area contributed by atoms with Gasteiger partial charge >= 0.3 is 0 Å². The third kappa shape index (κ3) is 2.60. The Morgan fingerprint density at radius 2 is 1.88 bits per heavy atom. The van der Waals surface area contributed by atoms with E-state index in [1.807, 2.05) is 6.92 Å². The van der Waals surface area contributed by atoms with E-state index in [-0.39, 0.29) is 17.4 Å². The van der Waals surface area contributed by atoms with Crippen LogP contribution >= 0.6 is 0 Å². The van der Waals surface area contributed by atoms with E-state index < -0.39 is 5.60 Å². The fraction of sp³-hybridized carbons (Fsp3) is 1.00. The Labute approximate surface area is 100 Å². The molecule has 0 amide bonds. The molecule has 0 aromatic carbocycles. The van der Waals surface area contributed by atoms with E-state index in [4.69, 9.17) is 0 Å². The van der Waals surface area contributed by atoms with Crippen molar-refractivity contribution >= 4 is 0 Å². The fourth-order valence-corrected chi connectivity index (χ4v) is 3.35. The summed E-state index contributed by atoms with van der Waals surface area (Å²) in [7, 11) is 0. The average molecular weight is 228 g/mol. The van der Waals surface area contributed by atoms with Crippen molar-refractivity contribution in [1.29, 1.82) is 0 Å². The van der Waals surface area contributed by atoms with Crippen LogP contribution < -0.4 is 0 Å². The highest BCUT2D eigenvalue weighted by molar-refractivity contribution is 5.01. The standard InChI is InChI=1S/C14H28O2/c1-5-7-13(4,11-15)14(16)9-6-8-12(2,3)10-14/h15-16H,5-11H2,1-4H3. The van der Waals surface area contributed by atoms with Gasteiger partial charge in [0.15, 0.2) is 0 Å². The van der Waals surface area contributed by atoms with Crippen molar-refractivity contribution in [2.24, 2.45) is 10.8 Å². The van der Waals surface area contributed by atoms with Crippen molar-refractivity contribution < 1.29 is 10.2 Å². The van der Waals surface area contributed by atoms with Crippen molar-refractivity contribution in [1.82, 2.24) is 0 Å². The summed E-state index contributed by atoms with van der Waals surface area (Å²) in [5, 5.41) is 20.5. The molecule has 2 unspecified atom stereocenters. The monoisotopic (exact) mass is 228 g/mol. The van der Waals surface area contributed by atoms with E-state index in [0.29, 0.717) is 0 Å². The molecule has 2 atom stereocenters. The second-order valence-electron chi connectivity index (χ2n) is 6.69. The molecule has 0 heterocycles. The number of rotatable bonds is 4. The summed E-state index contributed by atoms with van der Waals surface area (Å²) in [6.45, 7) is 8.69. The Kier molecular flexibility index (Phi) is 4.07. The first kappa shape index (κ1) is 14.0. The van der Waals surface area contributed by atoms with E-state index >= 15 is 0 Å². The topological polar surface area (TPSA) is 40.5 Å². The second-order valence-corrected chi connectivity index (χ2v) is 6.69. The smallest absolute Gasteiger partial charge is 0.0728 e. The molecular weight excluding hydrogens is 200 g/mol. The highest BCUT2D eigenvalue weighted by Gasteiger charge is 2.50. The highest BCUT2D eigenvalue weighted by Crippen LogP contribution is 2.50. The van der Waals surface area contributed by atoms with E-state index in [2.05, 4.69) is 20.8 Å². The summed E-state index contributed by atoms with van der Waals surface area (Å²) >= 11 is 0. The largest absolute Gasteiger partial charge is 0.396 e. The molecule has 0 aromatic heterocycles. The number of aliphatic hydroxyl groups excluding tert-OH is 1. The van der Waals surface area contributed by atoms with Crippen LogP contribution in [0.4, 0.5) is 0 Å². The minimum atomic E-state index is -0.681. The van der Waals surface area contributed by atoms with Gasteiger partial charge in [-0.2, -0.15) is 0 Å². The van der Waals surface area contributed by atoms with E-state index in [1.165, 1.54) is 6.42 Å². The fourth-order valence-electron chi connectivity index (χ4n) is 3.35. The predicted octanol–water partition coefficient (Wildman–Crippen LogP) is 3.12. The average Bonchev–Trinajstić information content (AvgIpc) is 2.15. The molecule has 0 aliphatic heterocycles. The van der Waals surface area contributed by atoms with Gasteiger partial charge in [-0.25, -0.2) is 0 Å². The summed E-state index contributed by atoms with van der Waals surface area (Å²) in [6.07, 6.45) is 5.83. The molecule has 0 aromatic rings. The molecule has 0 bridgehead atoms. The van der Waals surface area contributed by atoms with Gasteiger partial charge in [0.05, 0.1) is 12.2 Å². The Bertz CT molecular complexity index is 237. The van der Waals surface area contributed by atoms with E-state index in [9.17, 15) is 10.2 Å². The summed E-state index contributed by atoms with van der Waals surface area (Å²) in [5.74, 6) is 0. The van der Waals surface area contributed by atoms with Crippen molar-refractivity contribution in [3.63, 3.8) is 0 Å². The van der Waals surface area contributed by atoms with E-state index in [0.717, 1.165) is 32.1 Å². The summed E-state index contributed by atoms with van der Waals surface area (Å²) in [4.78, 5) is 0. The minimum absolute atomic E-state index is 0.0907. The van der Waals surface area contributed by atoms with Gasteiger partial charge in [0.1, 0.15) is 0 Å². The molecule has 1 aliphatic carbocycles. The third-order valence-corrected chi connectivity index (χ3v) is 4.49. The Morgan fingerprint density at radius 3 is 2.31 bits per heavy atom. The van der Waals surface area contributed by atoms with Gasteiger partial charge < -0.3 is 10.2 Å². The molecule has 2 N–H and O–H groups in total. The lowest BCUT2D eigenvalue weighted by Crippen LogP contribution is -2.53. The lowest BCUT2D eigenvalue weighted by atomic mass is 9.58. The first-order valence-corrected chi connectivity index (χ1v) is 6.62. The normalized spacial score (nSPS) is 33.4. The predicted molar refractivity (Wildman–Crippen MR) is 67.3 cm³/mol. The third-order valence-electron chi connectivity index (χ3n) is 4.49. The van der Waals surface area contributed by atoms with Crippen LogP contribution in [0.2, 0.25) is 0 Å². The van der Waals surface area contributed by atoms with Gasteiger partial charge in [-0.3, -0.25) is 0 Å². The summed E-state index contributed by atoms with van der Waals surface area (Å²) < 4.78 is 0. The SMILES string of the molecule is CCCC(C)(CO)C1(O)CCCC(C)(C)C1. The van der Waals surface area contributed by atoms with Crippen LogP contribution in [0.25, 0.3) is 0 Å². The van der Waals surface area contributed by atoms with Crippen LogP contribution in [0.15, 0.2) is 0 Å². The minimum Gasteiger partial charge on any atom is -0.396 e. The molecule has 1 rings (SSSR count). The van der Waals surface area contributed by atoms with Crippen molar-refractivity contribution in [3.8, 4) is 0 Å². The molecule has 1 fully saturated rings. The zero-order valence-electron chi connectivity index (χ0n) is 11.3. The lowest BCUT2D eigenvalue weighted by Gasteiger charge is -2.51. The van der Waals surface area contributed by atoms with Crippen molar-refractivity contribution in [2.45, 2.75) is 71.8 Å². The molecule has 0 saturated heterocycles. The highest BCUT2D eigenvalue weighted by atomic mass is 16.3. The van der Waals surface area contributed by atoms with Crippen LogP contribution in [0.5, 0.6) is 0 Å². The van der Waals surface area contributed by atoms with Crippen LogP contribution in [0.3, 0.4) is 0 Å². The zero-order chi connectivity index (χ0) is 12.4. The van der Waals surface area contributed by atoms with Crippen molar-refractivity contribution in [3.05, 3.63) is 0 Å². The molecule has 96 valence electrons. The summed E-state index contributed by atoms with van der Waals surface area (Å²) in [5.41, 5.74) is -0.809. The molecular formula is C14H28O2. The Morgan fingerprint density at radius 1 is 1.25 bits per heavy atom. The van der Waals surface area contributed by atoms with Gasteiger partial charge in [-0.15, -0.1) is 0 Å². The molecule has 0 radical (unpaired) electrons. The van der Waals surface area contributed by atoms with Crippen LogP contribution in [-0.2, 0) is 0 Å². The van der Waals surface area contributed by atoms with Crippen LogP contribution in [0, 0.1) is 10.8 Å². The maximum absolute atomic E-state index is 10.9. The molecule has 1 saturated carbocycles. The molecule has 1 aliphatic rings. The Hall–Kier alpha value is -0.0800. The van der Waals surface area contributed by atoms with Gasteiger partial charge in [-0.1, -0.05) is 40.5 Å². The lowest BCUT2D eigenvalue weighted by molar-refractivity contribution is -0.148. The van der Waals surface area contributed by atoms with Crippen molar-refractivity contribution in [2.75, 3.05) is 6.61 Å². The molecule has 16 heavy (non-hydrogen) atoms. The molecule has 2 heteroatoms. The van der Waals surface area contributed by atoms with Gasteiger partial charge in [0, 0.05) is 5.41 Å². The summed E-state index contributed by atoms with van der Waals surface area (Å²) in [6, 6.07) is 0. The van der Waals surface area contributed by atoms with Crippen LogP contribution in [0.1, 0.15) is 66.2 Å². The van der Waals surface area contributed by atoms with Gasteiger partial charge in [0.25, 0.3) is 0 Å². The quantitative estimate of drug-likeness (QED) is 0.776. The molecule has 0 spiro atoms. The maximum Gasteiger partial charge on any atom is 0.0728 e. The number of aliphatic hydroxyl groups is 2. The van der Waals surface area contributed by atoms with Gasteiger partial charge in [0.2, 0.25) is 0 Å². The first-order valence-electron chi connectivity index (χ1n) is 6.62. The Balaban J connectivity index is 2.89. The van der Waals surface area contributed by atoms with E-state index in [1.54, 1.807) is 0 Å². The number of hydrogen-bond donors (Lipinski definition) is 2. The first-order chi connectivity index (χ1) is 7.29.